The molecule has 0 spiro atoms. The van der Waals surface area contributed by atoms with Gasteiger partial charge in [-0.3, -0.25) is 0 Å². The summed E-state index contributed by atoms with van der Waals surface area (Å²) in [6.07, 6.45) is -5.37. The maximum absolute atomic E-state index is 13.7. The van der Waals surface area contributed by atoms with Crippen molar-refractivity contribution in [3.63, 3.8) is 0 Å². The highest BCUT2D eigenvalue weighted by Crippen LogP contribution is 2.24. The summed E-state index contributed by atoms with van der Waals surface area (Å²) in [7, 11) is 0. The summed E-state index contributed by atoms with van der Waals surface area (Å²) in [5.74, 6) is -0.554. The number of hydrogen-bond acceptors (Lipinski definition) is 4. The molecule has 0 saturated heterocycles. The molecule has 9 heteroatoms. The fourth-order valence-corrected chi connectivity index (χ4v) is 1.69. The zero-order valence-corrected chi connectivity index (χ0v) is 10.2. The molecule has 0 unspecified atom stereocenters. The first kappa shape index (κ1) is 14.2. The Morgan fingerprint density at radius 3 is 2.65 bits per heavy atom. The van der Waals surface area contributed by atoms with Crippen molar-refractivity contribution in [2.75, 3.05) is 5.73 Å². The maximum Gasteiger partial charge on any atom is 0.389 e. The molecule has 1 heterocycles. The van der Waals surface area contributed by atoms with E-state index in [1.54, 1.807) is 0 Å². The molecule has 0 radical (unpaired) electrons. The van der Waals surface area contributed by atoms with Gasteiger partial charge >= 0.3 is 6.18 Å². The van der Waals surface area contributed by atoms with Gasteiger partial charge in [-0.25, -0.2) is 9.07 Å². The minimum atomic E-state index is -4.24. The maximum atomic E-state index is 13.7. The van der Waals surface area contributed by atoms with Crippen LogP contribution in [0.15, 0.2) is 18.2 Å². The first-order valence-electron chi connectivity index (χ1n) is 5.75. The summed E-state index contributed by atoms with van der Waals surface area (Å²) in [5.41, 5.74) is 5.76. The van der Waals surface area contributed by atoms with Crippen molar-refractivity contribution >= 4 is 5.69 Å². The first-order chi connectivity index (χ1) is 9.37. The average Bonchev–Trinajstić information content (AvgIpc) is 2.75. The Labute approximate surface area is 111 Å². The number of rotatable bonds is 4. The Kier molecular flexibility index (Phi) is 3.86. The Morgan fingerprint density at radius 1 is 1.25 bits per heavy atom. The summed E-state index contributed by atoms with van der Waals surface area (Å²) in [6.45, 7) is -0.0499. The van der Waals surface area contributed by atoms with Gasteiger partial charge in [0.2, 0.25) is 0 Å². The van der Waals surface area contributed by atoms with Gasteiger partial charge in [0.05, 0.1) is 5.56 Å². The topological polar surface area (TPSA) is 69.6 Å². The number of nitrogens with zero attached hydrogens (tertiary/aromatic N) is 4. The van der Waals surface area contributed by atoms with Crippen LogP contribution < -0.4 is 5.73 Å². The lowest BCUT2D eigenvalue weighted by atomic mass is 10.2. The molecule has 0 aliphatic rings. The van der Waals surface area contributed by atoms with Crippen LogP contribution in [0.5, 0.6) is 0 Å². The summed E-state index contributed by atoms with van der Waals surface area (Å²) < 4.78 is 51.1. The van der Waals surface area contributed by atoms with E-state index in [0.717, 1.165) is 10.7 Å². The van der Waals surface area contributed by atoms with Gasteiger partial charge < -0.3 is 5.73 Å². The zero-order chi connectivity index (χ0) is 14.8. The number of alkyl halides is 3. The van der Waals surface area contributed by atoms with Crippen LogP contribution in [0.25, 0.3) is 11.4 Å². The van der Waals surface area contributed by atoms with E-state index >= 15 is 0 Å². The minimum absolute atomic E-state index is 0.0499. The van der Waals surface area contributed by atoms with Gasteiger partial charge in [-0.05, 0) is 35.0 Å². The highest BCUT2D eigenvalue weighted by Gasteiger charge is 2.26. The van der Waals surface area contributed by atoms with Gasteiger partial charge in [0.1, 0.15) is 5.82 Å². The van der Waals surface area contributed by atoms with Crippen LogP contribution in [-0.4, -0.2) is 26.4 Å². The molecule has 5 nitrogen and oxygen atoms in total. The van der Waals surface area contributed by atoms with Crippen molar-refractivity contribution in [2.24, 2.45) is 0 Å². The molecule has 2 aromatic rings. The summed E-state index contributed by atoms with van der Waals surface area (Å²) in [6, 6.07) is 3.95. The third-order valence-electron chi connectivity index (χ3n) is 2.60. The van der Waals surface area contributed by atoms with E-state index in [4.69, 9.17) is 5.73 Å². The first-order valence-corrected chi connectivity index (χ1v) is 5.75. The molecular formula is C11H11F4N5. The van der Waals surface area contributed by atoms with Crippen molar-refractivity contribution in [3.8, 4) is 11.4 Å². The SMILES string of the molecule is Nc1ccc(-c2nnnn2CCCC(F)(F)F)c(F)c1. The Hall–Kier alpha value is -2.19. The van der Waals surface area contributed by atoms with Crippen LogP contribution in [0.2, 0.25) is 0 Å². The number of benzene rings is 1. The Balaban J connectivity index is 2.16. The molecular weight excluding hydrogens is 278 g/mol. The summed E-state index contributed by atoms with van der Waals surface area (Å²) in [5, 5.41) is 10.6. The molecule has 1 aromatic heterocycles. The molecule has 0 bridgehead atoms. The fourth-order valence-electron chi connectivity index (χ4n) is 1.69. The second kappa shape index (κ2) is 5.43. The number of aryl methyl sites for hydroxylation is 1. The summed E-state index contributed by atoms with van der Waals surface area (Å²) >= 11 is 0. The van der Waals surface area contributed by atoms with Crippen LogP contribution in [0.1, 0.15) is 12.8 Å². The number of halogens is 4. The van der Waals surface area contributed by atoms with E-state index < -0.39 is 18.4 Å². The third kappa shape index (κ3) is 3.43. The van der Waals surface area contributed by atoms with Gasteiger partial charge in [0.25, 0.3) is 0 Å². The molecule has 1 aromatic carbocycles. The molecule has 20 heavy (non-hydrogen) atoms. The van der Waals surface area contributed by atoms with E-state index in [9.17, 15) is 17.6 Å². The van der Waals surface area contributed by atoms with Gasteiger partial charge in [-0.15, -0.1) is 5.10 Å². The van der Waals surface area contributed by atoms with Crippen molar-refractivity contribution in [1.82, 2.24) is 20.2 Å². The number of anilines is 1. The minimum Gasteiger partial charge on any atom is -0.399 e. The zero-order valence-electron chi connectivity index (χ0n) is 10.2. The quantitative estimate of drug-likeness (QED) is 0.693. The molecule has 108 valence electrons. The lowest BCUT2D eigenvalue weighted by molar-refractivity contribution is -0.136. The molecule has 0 aliphatic carbocycles. The highest BCUT2D eigenvalue weighted by molar-refractivity contribution is 5.59. The van der Waals surface area contributed by atoms with Crippen molar-refractivity contribution < 1.29 is 17.6 Å². The van der Waals surface area contributed by atoms with Gasteiger partial charge in [-0.2, -0.15) is 13.2 Å². The van der Waals surface area contributed by atoms with Crippen LogP contribution >= 0.6 is 0 Å². The average molecular weight is 289 g/mol. The predicted molar refractivity (Wildman–Crippen MR) is 62.9 cm³/mol. The molecule has 2 N–H and O–H groups in total. The normalized spacial score (nSPS) is 11.8. The number of aromatic nitrogens is 4. The van der Waals surface area contributed by atoms with E-state index in [-0.39, 0.29) is 30.0 Å². The lowest BCUT2D eigenvalue weighted by Crippen LogP contribution is -2.11. The smallest absolute Gasteiger partial charge is 0.389 e. The van der Waals surface area contributed by atoms with E-state index in [0.29, 0.717) is 0 Å². The monoisotopic (exact) mass is 289 g/mol. The third-order valence-corrected chi connectivity index (χ3v) is 2.60. The van der Waals surface area contributed by atoms with E-state index in [2.05, 4.69) is 15.5 Å². The van der Waals surface area contributed by atoms with E-state index in [1.807, 2.05) is 0 Å². The standard InChI is InChI=1S/C11H11F4N5/c12-9-6-7(16)2-3-8(9)10-17-18-19-20(10)5-1-4-11(13,14)15/h2-3,6H,1,4-5,16H2. The Morgan fingerprint density at radius 2 is 2.00 bits per heavy atom. The second-order valence-electron chi connectivity index (χ2n) is 4.18. The molecule has 0 aliphatic heterocycles. The van der Waals surface area contributed by atoms with Crippen LogP contribution in [0.3, 0.4) is 0 Å². The summed E-state index contributed by atoms with van der Waals surface area (Å²) in [4.78, 5) is 0. The largest absolute Gasteiger partial charge is 0.399 e. The molecule has 0 fully saturated rings. The fraction of sp³-hybridized carbons (Fsp3) is 0.364. The van der Waals surface area contributed by atoms with Gasteiger partial charge in [0.15, 0.2) is 5.82 Å². The van der Waals surface area contributed by atoms with Crippen molar-refractivity contribution in [1.29, 1.82) is 0 Å². The lowest BCUT2D eigenvalue weighted by Gasteiger charge is -2.08. The van der Waals surface area contributed by atoms with Crippen LogP contribution in [0.4, 0.5) is 23.2 Å². The second-order valence-corrected chi connectivity index (χ2v) is 4.18. The van der Waals surface area contributed by atoms with Crippen molar-refractivity contribution in [2.45, 2.75) is 25.6 Å². The van der Waals surface area contributed by atoms with E-state index in [1.165, 1.54) is 12.1 Å². The number of hydrogen-bond donors (Lipinski definition) is 1. The van der Waals surface area contributed by atoms with Crippen molar-refractivity contribution in [3.05, 3.63) is 24.0 Å². The molecule has 2 rings (SSSR count). The number of tetrazole rings is 1. The van der Waals surface area contributed by atoms with Crippen LogP contribution in [0, 0.1) is 5.82 Å². The predicted octanol–water partition coefficient (Wildman–Crippen LogP) is 2.40. The van der Waals surface area contributed by atoms with Gasteiger partial charge in [0, 0.05) is 18.7 Å². The Bertz CT molecular complexity index is 593. The van der Waals surface area contributed by atoms with Crippen LogP contribution in [-0.2, 0) is 6.54 Å². The molecule has 0 saturated carbocycles. The highest BCUT2D eigenvalue weighted by atomic mass is 19.4. The molecule has 0 amide bonds. The number of nitrogens with two attached hydrogens (primary N) is 1. The molecule has 0 atom stereocenters. The number of nitrogen functional groups attached to an aromatic ring is 1. The van der Waals surface area contributed by atoms with Gasteiger partial charge in [-0.1, -0.05) is 0 Å².